The zero-order valence-corrected chi connectivity index (χ0v) is 18.2. The summed E-state index contributed by atoms with van der Waals surface area (Å²) in [4.78, 5) is 23.4. The fourth-order valence-corrected chi connectivity index (χ4v) is 3.94. The predicted octanol–water partition coefficient (Wildman–Crippen LogP) is 3.51. The van der Waals surface area contributed by atoms with Gasteiger partial charge in [-0.15, -0.1) is 5.10 Å². The molecule has 3 aromatic rings. The van der Waals surface area contributed by atoms with Crippen molar-refractivity contribution in [2.24, 2.45) is 0 Å². The quantitative estimate of drug-likeness (QED) is 0.431. The lowest BCUT2D eigenvalue weighted by Crippen LogP contribution is -2.28. The zero-order chi connectivity index (χ0) is 22.1. The monoisotopic (exact) mass is 487 g/mol. The number of carbonyl (C=O) groups is 1. The Labute approximate surface area is 185 Å². The van der Waals surface area contributed by atoms with Crippen LogP contribution >= 0.6 is 15.9 Å². The number of halogens is 1. The highest BCUT2D eigenvalue weighted by molar-refractivity contribution is 9.10. The van der Waals surface area contributed by atoms with Gasteiger partial charge in [-0.05, 0) is 37.6 Å². The van der Waals surface area contributed by atoms with Crippen molar-refractivity contribution in [3.63, 3.8) is 0 Å². The molecule has 2 heterocycles. The number of nitrogens with one attached hydrogen (secondary N) is 1. The maximum atomic E-state index is 12.9. The van der Waals surface area contributed by atoms with E-state index in [1.54, 1.807) is 19.1 Å². The summed E-state index contributed by atoms with van der Waals surface area (Å²) in [7, 11) is 0. The summed E-state index contributed by atoms with van der Waals surface area (Å²) in [5.74, 6) is 0.859. The van der Waals surface area contributed by atoms with Crippen molar-refractivity contribution in [1.29, 1.82) is 0 Å². The van der Waals surface area contributed by atoms with E-state index >= 15 is 0 Å². The molecule has 11 heteroatoms. The van der Waals surface area contributed by atoms with E-state index in [-0.39, 0.29) is 17.4 Å². The van der Waals surface area contributed by atoms with Gasteiger partial charge in [-0.2, -0.15) is 0 Å². The van der Waals surface area contributed by atoms with Gasteiger partial charge in [0.2, 0.25) is 0 Å². The fourth-order valence-electron chi connectivity index (χ4n) is 3.28. The third kappa shape index (κ3) is 4.08. The zero-order valence-electron chi connectivity index (χ0n) is 16.7. The number of non-ortho nitro benzene ring substituents is 1. The van der Waals surface area contributed by atoms with Gasteiger partial charge in [-0.1, -0.05) is 27.2 Å². The van der Waals surface area contributed by atoms with Crippen LogP contribution in [0.25, 0.3) is 5.69 Å². The molecule has 0 aliphatic carbocycles. The average molecular weight is 488 g/mol. The van der Waals surface area contributed by atoms with E-state index in [0.29, 0.717) is 36.1 Å². The smallest absolute Gasteiger partial charge is 0.274 e. The van der Waals surface area contributed by atoms with Crippen LogP contribution in [0.15, 0.2) is 40.9 Å². The number of aromatic nitrogens is 3. The maximum absolute atomic E-state index is 12.9. The minimum Gasteiger partial charge on any atom is -0.486 e. The molecule has 0 radical (unpaired) electrons. The number of nitrogens with zero attached hydrogens (tertiary/aromatic N) is 4. The van der Waals surface area contributed by atoms with E-state index in [1.807, 2.05) is 19.1 Å². The first-order chi connectivity index (χ1) is 14.8. The van der Waals surface area contributed by atoms with Crippen molar-refractivity contribution < 1.29 is 19.2 Å². The Morgan fingerprint density at radius 2 is 1.97 bits per heavy atom. The van der Waals surface area contributed by atoms with Gasteiger partial charge in [0.05, 0.1) is 22.3 Å². The lowest BCUT2D eigenvalue weighted by Gasteiger charge is -2.22. The topological polar surface area (TPSA) is 121 Å². The summed E-state index contributed by atoms with van der Waals surface area (Å²) in [5, 5.41) is 21.9. The SMILES string of the molecule is Cc1c(C(=O)NC(C)c2cc3c(cc2Br)OCCO3)nnn1-c1cccc([N+](=O)[O-])c1. The normalized spacial score (nSPS) is 13.5. The van der Waals surface area contributed by atoms with E-state index in [0.717, 1.165) is 10.0 Å². The van der Waals surface area contributed by atoms with Crippen LogP contribution in [0, 0.1) is 17.0 Å². The number of carbonyl (C=O) groups excluding carboxylic acids is 1. The third-order valence-corrected chi connectivity index (χ3v) is 5.56. The molecule has 160 valence electrons. The van der Waals surface area contributed by atoms with Gasteiger partial charge < -0.3 is 14.8 Å². The molecule has 0 saturated heterocycles. The van der Waals surface area contributed by atoms with E-state index in [9.17, 15) is 14.9 Å². The standard InChI is InChI=1S/C20H18BrN5O5/c1-11(15-9-17-18(10-16(15)21)31-7-6-30-17)22-20(27)19-12(2)25(24-23-19)13-4-3-5-14(8-13)26(28)29/h3-5,8-11H,6-7H2,1-2H3,(H,22,27). The molecular formula is C20H18BrN5O5. The molecule has 10 nitrogen and oxygen atoms in total. The van der Waals surface area contributed by atoms with Gasteiger partial charge in [0, 0.05) is 16.6 Å². The predicted molar refractivity (Wildman–Crippen MR) is 114 cm³/mol. The number of benzene rings is 2. The van der Waals surface area contributed by atoms with Gasteiger partial charge in [0.1, 0.15) is 13.2 Å². The second-order valence-electron chi connectivity index (χ2n) is 6.92. The summed E-state index contributed by atoms with van der Waals surface area (Å²) < 4.78 is 13.4. The molecule has 1 amide bonds. The molecule has 1 unspecified atom stereocenters. The van der Waals surface area contributed by atoms with E-state index in [2.05, 4.69) is 31.6 Å². The van der Waals surface area contributed by atoms with Crippen LogP contribution in [-0.4, -0.2) is 39.0 Å². The Bertz CT molecular complexity index is 1180. The van der Waals surface area contributed by atoms with Gasteiger partial charge in [0.25, 0.3) is 11.6 Å². The van der Waals surface area contributed by atoms with Gasteiger partial charge >= 0.3 is 0 Å². The van der Waals surface area contributed by atoms with Gasteiger partial charge in [0.15, 0.2) is 17.2 Å². The molecule has 0 bridgehead atoms. The molecule has 1 N–H and O–H groups in total. The van der Waals surface area contributed by atoms with Crippen LogP contribution in [0.2, 0.25) is 0 Å². The largest absolute Gasteiger partial charge is 0.486 e. The number of amides is 1. The van der Waals surface area contributed by atoms with Crippen LogP contribution in [0.5, 0.6) is 11.5 Å². The second-order valence-corrected chi connectivity index (χ2v) is 7.78. The highest BCUT2D eigenvalue weighted by atomic mass is 79.9. The molecule has 1 aromatic heterocycles. The molecule has 1 aliphatic rings. The van der Waals surface area contributed by atoms with Crippen LogP contribution in [0.1, 0.15) is 34.7 Å². The average Bonchev–Trinajstić information content (AvgIpc) is 3.14. The molecule has 0 saturated carbocycles. The molecule has 0 fully saturated rings. The molecule has 4 rings (SSSR count). The minimum absolute atomic E-state index is 0.0736. The number of ether oxygens (including phenoxy) is 2. The lowest BCUT2D eigenvalue weighted by molar-refractivity contribution is -0.384. The fraction of sp³-hybridized carbons (Fsp3) is 0.250. The van der Waals surface area contributed by atoms with Crippen molar-refractivity contribution in [2.75, 3.05) is 13.2 Å². The number of hydrogen-bond acceptors (Lipinski definition) is 7. The van der Waals surface area contributed by atoms with E-state index < -0.39 is 10.8 Å². The Balaban J connectivity index is 1.56. The van der Waals surface area contributed by atoms with Crippen LogP contribution in [0.3, 0.4) is 0 Å². The maximum Gasteiger partial charge on any atom is 0.274 e. The first kappa shape index (κ1) is 20.8. The van der Waals surface area contributed by atoms with Crippen molar-refractivity contribution in [3.8, 4) is 17.2 Å². The molecule has 1 atom stereocenters. The molecule has 2 aromatic carbocycles. The first-order valence-corrected chi connectivity index (χ1v) is 10.2. The lowest BCUT2D eigenvalue weighted by atomic mass is 10.1. The first-order valence-electron chi connectivity index (χ1n) is 9.42. The summed E-state index contributed by atoms with van der Waals surface area (Å²) >= 11 is 3.52. The molecule has 1 aliphatic heterocycles. The van der Waals surface area contributed by atoms with Crippen LogP contribution in [-0.2, 0) is 0 Å². The second kappa shape index (κ2) is 8.34. The van der Waals surface area contributed by atoms with Crippen molar-refractivity contribution in [2.45, 2.75) is 19.9 Å². The molecule has 31 heavy (non-hydrogen) atoms. The number of rotatable bonds is 5. The van der Waals surface area contributed by atoms with E-state index in [4.69, 9.17) is 9.47 Å². The summed E-state index contributed by atoms with van der Waals surface area (Å²) in [6, 6.07) is 9.25. The van der Waals surface area contributed by atoms with Gasteiger partial charge in [-0.3, -0.25) is 14.9 Å². The number of hydrogen-bond donors (Lipinski definition) is 1. The Morgan fingerprint density at radius 3 is 2.68 bits per heavy atom. The number of nitro groups is 1. The summed E-state index contributed by atoms with van der Waals surface area (Å²) in [6.45, 7) is 4.48. The van der Waals surface area contributed by atoms with Crippen LogP contribution < -0.4 is 14.8 Å². The summed E-state index contributed by atoms with van der Waals surface area (Å²) in [5.41, 5.74) is 1.79. The Kier molecular flexibility index (Phi) is 5.59. The minimum atomic E-state index is -0.490. The van der Waals surface area contributed by atoms with Crippen molar-refractivity contribution >= 4 is 27.5 Å². The highest BCUT2D eigenvalue weighted by Crippen LogP contribution is 2.37. The molecule has 0 spiro atoms. The van der Waals surface area contributed by atoms with E-state index in [1.165, 1.54) is 16.8 Å². The molecular weight excluding hydrogens is 470 g/mol. The van der Waals surface area contributed by atoms with Crippen LogP contribution in [0.4, 0.5) is 5.69 Å². The third-order valence-electron chi connectivity index (χ3n) is 4.87. The number of fused-ring (bicyclic) bond motifs is 1. The highest BCUT2D eigenvalue weighted by Gasteiger charge is 2.23. The van der Waals surface area contributed by atoms with Gasteiger partial charge in [-0.25, -0.2) is 4.68 Å². The number of nitro benzene ring substituents is 1. The summed E-state index contributed by atoms with van der Waals surface area (Å²) in [6.07, 6.45) is 0. The Morgan fingerprint density at radius 1 is 1.26 bits per heavy atom. The van der Waals surface area contributed by atoms with Crippen molar-refractivity contribution in [3.05, 3.63) is 67.9 Å². The Hall–Kier alpha value is -3.47. The van der Waals surface area contributed by atoms with Crippen molar-refractivity contribution in [1.82, 2.24) is 20.3 Å².